The zero-order valence-electron chi connectivity index (χ0n) is 13.7. The summed E-state index contributed by atoms with van der Waals surface area (Å²) in [5.74, 6) is 0.997. The van der Waals surface area contributed by atoms with E-state index in [1.807, 2.05) is 10.6 Å². The van der Waals surface area contributed by atoms with Crippen molar-refractivity contribution in [1.82, 2.24) is 9.88 Å². The van der Waals surface area contributed by atoms with E-state index < -0.39 is 0 Å². The maximum Gasteiger partial charge on any atom is 0.255 e. The van der Waals surface area contributed by atoms with Crippen LogP contribution in [0.3, 0.4) is 0 Å². The topological polar surface area (TPSA) is 34.0 Å². The fourth-order valence-electron chi connectivity index (χ4n) is 2.29. The first-order chi connectivity index (χ1) is 9.47. The molecule has 0 aromatic carbocycles. The third kappa shape index (κ3) is 4.78. The van der Waals surface area contributed by atoms with Crippen LogP contribution in [0.1, 0.15) is 64.6 Å². The second kappa shape index (κ2) is 8.25. The van der Waals surface area contributed by atoms with Crippen LogP contribution in [0.5, 0.6) is 0 Å². The molecule has 0 aliphatic heterocycles. The molecule has 0 fully saturated rings. The zero-order valence-corrected chi connectivity index (χ0v) is 13.7. The van der Waals surface area contributed by atoms with E-state index in [4.69, 9.17) is 0 Å². The van der Waals surface area contributed by atoms with E-state index in [0.717, 1.165) is 37.2 Å². The number of nitrogens with one attached hydrogen (secondary N) is 1. The summed E-state index contributed by atoms with van der Waals surface area (Å²) >= 11 is 0. The fourth-order valence-corrected chi connectivity index (χ4v) is 2.29. The Hall–Kier alpha value is -1.09. The summed E-state index contributed by atoms with van der Waals surface area (Å²) < 4.78 is 1.98. The van der Waals surface area contributed by atoms with Crippen molar-refractivity contribution < 1.29 is 0 Å². The van der Waals surface area contributed by atoms with Crippen LogP contribution in [0.4, 0.5) is 0 Å². The van der Waals surface area contributed by atoms with Gasteiger partial charge in [0.2, 0.25) is 0 Å². The molecule has 0 aliphatic rings. The molecule has 0 amide bonds. The average molecular weight is 278 g/mol. The molecule has 0 bridgehead atoms. The molecule has 0 aliphatic carbocycles. The molecular weight excluding hydrogens is 248 g/mol. The van der Waals surface area contributed by atoms with Crippen LogP contribution < -0.4 is 10.9 Å². The highest BCUT2D eigenvalue weighted by Gasteiger charge is 2.11. The lowest BCUT2D eigenvalue weighted by Crippen LogP contribution is -2.30. The molecule has 0 radical (unpaired) electrons. The van der Waals surface area contributed by atoms with E-state index in [1.54, 1.807) is 0 Å². The molecule has 1 aromatic rings. The Morgan fingerprint density at radius 3 is 2.45 bits per heavy atom. The normalized spacial score (nSPS) is 11.6. The molecule has 114 valence electrons. The molecule has 20 heavy (non-hydrogen) atoms. The van der Waals surface area contributed by atoms with Crippen LogP contribution in [-0.2, 0) is 13.1 Å². The van der Waals surface area contributed by atoms with Crippen molar-refractivity contribution >= 4 is 0 Å². The first-order valence-corrected chi connectivity index (χ1v) is 7.90. The van der Waals surface area contributed by atoms with Crippen LogP contribution in [0.2, 0.25) is 0 Å². The third-order valence-corrected chi connectivity index (χ3v) is 3.55. The summed E-state index contributed by atoms with van der Waals surface area (Å²) in [6, 6.07) is 4.11. The van der Waals surface area contributed by atoms with E-state index in [0.29, 0.717) is 18.4 Å². The van der Waals surface area contributed by atoms with Crippen molar-refractivity contribution in [2.75, 3.05) is 6.54 Å². The lowest BCUT2D eigenvalue weighted by atomic mass is 10.1. The molecule has 1 aromatic heterocycles. The minimum Gasteiger partial charge on any atom is -0.312 e. The van der Waals surface area contributed by atoms with Gasteiger partial charge in [-0.05, 0) is 37.3 Å². The summed E-state index contributed by atoms with van der Waals surface area (Å²) in [6.07, 6.45) is 2.14. The second-order valence-corrected chi connectivity index (χ2v) is 6.25. The Balaban J connectivity index is 3.00. The Morgan fingerprint density at radius 1 is 1.20 bits per heavy atom. The predicted molar refractivity (Wildman–Crippen MR) is 86.2 cm³/mol. The van der Waals surface area contributed by atoms with Crippen molar-refractivity contribution in [1.29, 1.82) is 0 Å². The lowest BCUT2D eigenvalue weighted by Gasteiger charge is -2.18. The van der Waals surface area contributed by atoms with Crippen LogP contribution in [0.25, 0.3) is 0 Å². The van der Waals surface area contributed by atoms with Gasteiger partial charge in [-0.1, -0.05) is 40.7 Å². The van der Waals surface area contributed by atoms with Crippen LogP contribution in [-0.4, -0.2) is 11.1 Å². The van der Waals surface area contributed by atoms with Crippen molar-refractivity contribution in [2.45, 2.75) is 66.5 Å². The Morgan fingerprint density at radius 2 is 1.90 bits per heavy atom. The Bertz CT molecular complexity index is 461. The van der Waals surface area contributed by atoms with E-state index in [9.17, 15) is 4.79 Å². The molecular formula is C17H30N2O. The number of hydrogen-bond acceptors (Lipinski definition) is 2. The second-order valence-electron chi connectivity index (χ2n) is 6.25. The highest BCUT2D eigenvalue weighted by Crippen LogP contribution is 2.14. The number of rotatable bonds is 8. The molecule has 1 N–H and O–H groups in total. The zero-order chi connectivity index (χ0) is 15.1. The molecule has 3 nitrogen and oxygen atoms in total. The summed E-state index contributed by atoms with van der Waals surface area (Å²) in [6.45, 7) is 13.3. The molecule has 0 saturated heterocycles. The first kappa shape index (κ1) is 17.0. The van der Waals surface area contributed by atoms with Crippen LogP contribution >= 0.6 is 0 Å². The smallest absolute Gasteiger partial charge is 0.255 e. The highest BCUT2D eigenvalue weighted by atomic mass is 16.1. The van der Waals surface area contributed by atoms with Gasteiger partial charge in [-0.15, -0.1) is 0 Å². The van der Waals surface area contributed by atoms with Gasteiger partial charge in [-0.3, -0.25) is 4.79 Å². The number of hydrogen-bond donors (Lipinski definition) is 1. The van der Waals surface area contributed by atoms with Gasteiger partial charge >= 0.3 is 0 Å². The Labute approximate surface area is 123 Å². The standard InChI is InChI=1S/C17H30N2O/c1-6-10-18-12-15-7-8-16(14(4)5)19(17(15)20)11-9-13(2)3/h7-8,13-14,18H,6,9-12H2,1-5H3. The summed E-state index contributed by atoms with van der Waals surface area (Å²) in [7, 11) is 0. The molecule has 0 unspecified atom stereocenters. The van der Waals surface area contributed by atoms with Gasteiger partial charge in [0.1, 0.15) is 0 Å². The highest BCUT2D eigenvalue weighted by molar-refractivity contribution is 5.18. The number of nitrogens with zero attached hydrogens (tertiary/aromatic N) is 1. The molecule has 0 saturated carbocycles. The van der Waals surface area contributed by atoms with Gasteiger partial charge in [0.05, 0.1) is 0 Å². The summed E-state index contributed by atoms with van der Waals surface area (Å²) in [5, 5.41) is 3.32. The summed E-state index contributed by atoms with van der Waals surface area (Å²) in [5.41, 5.74) is 2.21. The van der Waals surface area contributed by atoms with Crippen LogP contribution in [0.15, 0.2) is 16.9 Å². The van der Waals surface area contributed by atoms with Gasteiger partial charge in [-0.25, -0.2) is 0 Å². The fraction of sp³-hybridized carbons (Fsp3) is 0.706. The van der Waals surface area contributed by atoms with Crippen molar-refractivity contribution in [3.63, 3.8) is 0 Å². The minimum atomic E-state index is 0.181. The molecule has 0 atom stereocenters. The Kier molecular flexibility index (Phi) is 7.00. The van der Waals surface area contributed by atoms with Gasteiger partial charge in [0.15, 0.2) is 0 Å². The van der Waals surface area contributed by atoms with Crippen molar-refractivity contribution in [3.05, 3.63) is 33.7 Å². The van der Waals surface area contributed by atoms with E-state index in [1.165, 1.54) is 0 Å². The number of aromatic nitrogens is 1. The predicted octanol–water partition coefficient (Wildman–Crippen LogP) is 3.52. The first-order valence-electron chi connectivity index (χ1n) is 7.90. The molecule has 1 rings (SSSR count). The average Bonchev–Trinajstić information content (AvgIpc) is 2.38. The maximum absolute atomic E-state index is 12.6. The van der Waals surface area contributed by atoms with Crippen molar-refractivity contribution in [2.24, 2.45) is 5.92 Å². The van der Waals surface area contributed by atoms with Gasteiger partial charge < -0.3 is 9.88 Å². The molecule has 3 heteroatoms. The lowest BCUT2D eigenvalue weighted by molar-refractivity contribution is 0.487. The van der Waals surface area contributed by atoms with E-state index in [2.05, 4.69) is 46.0 Å². The largest absolute Gasteiger partial charge is 0.312 e. The van der Waals surface area contributed by atoms with Crippen molar-refractivity contribution in [3.8, 4) is 0 Å². The summed E-state index contributed by atoms with van der Waals surface area (Å²) in [4.78, 5) is 12.6. The minimum absolute atomic E-state index is 0.181. The quantitative estimate of drug-likeness (QED) is 0.738. The third-order valence-electron chi connectivity index (χ3n) is 3.55. The molecule has 0 spiro atoms. The van der Waals surface area contributed by atoms with E-state index >= 15 is 0 Å². The molecule has 1 heterocycles. The van der Waals surface area contributed by atoms with Gasteiger partial charge in [-0.2, -0.15) is 0 Å². The number of pyridine rings is 1. The van der Waals surface area contributed by atoms with Gasteiger partial charge in [0, 0.05) is 24.3 Å². The maximum atomic E-state index is 12.6. The van der Waals surface area contributed by atoms with Crippen LogP contribution in [0, 0.1) is 5.92 Å². The monoisotopic (exact) mass is 278 g/mol. The SMILES string of the molecule is CCCNCc1ccc(C(C)C)n(CCC(C)C)c1=O. The van der Waals surface area contributed by atoms with Gasteiger partial charge in [0.25, 0.3) is 5.56 Å². The van der Waals surface area contributed by atoms with E-state index in [-0.39, 0.29) is 5.56 Å².